The number of aliphatic hydroxyl groups is 1. The van der Waals surface area contributed by atoms with Gasteiger partial charge < -0.3 is 19.5 Å². The molecule has 10 nitrogen and oxygen atoms in total. The van der Waals surface area contributed by atoms with Gasteiger partial charge in [-0.25, -0.2) is 8.42 Å². The molecule has 0 spiro atoms. The summed E-state index contributed by atoms with van der Waals surface area (Å²) in [5.74, 6) is -0.0549. The van der Waals surface area contributed by atoms with Gasteiger partial charge in [-0.3, -0.25) is 19.4 Å². The highest BCUT2D eigenvalue weighted by molar-refractivity contribution is 7.92. The SMILES string of the molecule is Cc1ccc(S(=O)(=O)Nc2ccc3c(c2)C(=O)N([C@H](C)CO)C[C@H](C)[C@H](CN(C)Cc2ccncc2)OCCCC[C@@H](C)O3)cc1. The van der Waals surface area contributed by atoms with Gasteiger partial charge in [0.1, 0.15) is 5.75 Å². The molecule has 0 saturated carbocycles. The van der Waals surface area contributed by atoms with Crippen molar-refractivity contribution < 1.29 is 27.8 Å². The van der Waals surface area contributed by atoms with E-state index in [-0.39, 0.29) is 46.8 Å². The number of nitrogens with zero attached hydrogens (tertiary/aromatic N) is 3. The van der Waals surface area contributed by atoms with E-state index in [0.29, 0.717) is 25.4 Å². The highest BCUT2D eigenvalue weighted by atomic mass is 32.2. The predicted octanol–water partition coefficient (Wildman–Crippen LogP) is 5.12. The van der Waals surface area contributed by atoms with E-state index in [0.717, 1.165) is 36.9 Å². The number of sulfonamides is 1. The number of aromatic nitrogens is 1. The van der Waals surface area contributed by atoms with E-state index < -0.39 is 16.1 Å². The number of carbonyl (C=O) groups excluding carboxylic acids is 1. The number of benzene rings is 2. The molecule has 0 unspecified atom stereocenters. The summed E-state index contributed by atoms with van der Waals surface area (Å²) in [6.45, 7) is 9.77. The standard InChI is InChI=1S/C35H48N4O6S/c1-25-9-12-31(13-10-25)46(42,43)37-30-11-14-33-32(20-30)35(41)39(27(3)24-40)21-26(2)34(44-19-7-6-8-28(4)45-33)23-38(5)22-29-15-17-36-18-16-29/h9-18,20,26-28,34,37,40H,6-8,19,21-24H2,1-5H3/t26-,27+,28+,34-/m0/s1. The molecule has 2 heterocycles. The Morgan fingerprint density at radius 2 is 1.80 bits per heavy atom. The van der Waals surface area contributed by atoms with Crippen LogP contribution in [0.4, 0.5) is 5.69 Å². The zero-order chi connectivity index (χ0) is 33.3. The van der Waals surface area contributed by atoms with E-state index in [1.807, 2.05) is 26.0 Å². The quantitative estimate of drug-likeness (QED) is 0.327. The molecule has 2 N–H and O–H groups in total. The molecule has 4 atom stereocenters. The first-order valence-corrected chi connectivity index (χ1v) is 17.5. The number of ether oxygens (including phenoxy) is 2. The summed E-state index contributed by atoms with van der Waals surface area (Å²) in [4.78, 5) is 22.4. The third-order valence-electron chi connectivity index (χ3n) is 8.33. The first-order chi connectivity index (χ1) is 22.0. The zero-order valence-electron chi connectivity index (χ0n) is 27.6. The van der Waals surface area contributed by atoms with Gasteiger partial charge in [0.25, 0.3) is 15.9 Å². The summed E-state index contributed by atoms with van der Waals surface area (Å²) >= 11 is 0. The zero-order valence-corrected chi connectivity index (χ0v) is 28.4. The molecule has 1 aromatic heterocycles. The molecule has 0 fully saturated rings. The van der Waals surface area contributed by atoms with Gasteiger partial charge in [-0.2, -0.15) is 0 Å². The maximum absolute atomic E-state index is 14.4. The maximum Gasteiger partial charge on any atom is 0.261 e. The van der Waals surface area contributed by atoms with Crippen LogP contribution >= 0.6 is 0 Å². The summed E-state index contributed by atoms with van der Waals surface area (Å²) in [5.41, 5.74) is 2.57. The van der Waals surface area contributed by atoms with E-state index >= 15 is 0 Å². The van der Waals surface area contributed by atoms with E-state index in [9.17, 15) is 18.3 Å². The van der Waals surface area contributed by atoms with Crippen LogP contribution in [0.25, 0.3) is 0 Å². The number of carbonyl (C=O) groups is 1. The van der Waals surface area contributed by atoms with Crippen molar-refractivity contribution in [2.75, 3.05) is 38.1 Å². The molecule has 3 aromatic rings. The van der Waals surface area contributed by atoms with Crippen molar-refractivity contribution in [2.45, 2.75) is 76.6 Å². The second-order valence-electron chi connectivity index (χ2n) is 12.5. The Labute approximate surface area is 273 Å². The number of anilines is 1. The van der Waals surface area contributed by atoms with Gasteiger partial charge >= 0.3 is 0 Å². The number of rotatable bonds is 9. The van der Waals surface area contributed by atoms with Crippen molar-refractivity contribution in [3.63, 3.8) is 0 Å². The smallest absolute Gasteiger partial charge is 0.261 e. The average Bonchev–Trinajstić information content (AvgIpc) is 3.03. The Balaban J connectivity index is 1.64. The Bertz CT molecular complexity index is 1520. The number of amides is 1. The second-order valence-corrected chi connectivity index (χ2v) is 14.2. The van der Waals surface area contributed by atoms with Gasteiger partial charge in [0, 0.05) is 50.2 Å². The minimum Gasteiger partial charge on any atom is -0.490 e. The van der Waals surface area contributed by atoms with Gasteiger partial charge in [0.15, 0.2) is 0 Å². The Morgan fingerprint density at radius 1 is 1.09 bits per heavy atom. The lowest BCUT2D eigenvalue weighted by atomic mass is 10.0. The number of hydrogen-bond acceptors (Lipinski definition) is 8. The van der Waals surface area contributed by atoms with Gasteiger partial charge in [-0.05, 0) is 95.1 Å². The predicted molar refractivity (Wildman–Crippen MR) is 179 cm³/mol. The van der Waals surface area contributed by atoms with E-state index in [1.54, 1.807) is 60.6 Å². The topological polar surface area (TPSA) is 121 Å². The van der Waals surface area contributed by atoms with Crippen LogP contribution in [0, 0.1) is 12.8 Å². The summed E-state index contributed by atoms with van der Waals surface area (Å²) in [7, 11) is -1.85. The number of likely N-dealkylation sites (N-methyl/N-ethyl adjacent to an activating group) is 1. The number of hydrogen-bond donors (Lipinski definition) is 2. The van der Waals surface area contributed by atoms with Crippen LogP contribution in [0.2, 0.25) is 0 Å². The van der Waals surface area contributed by atoms with E-state index in [2.05, 4.69) is 28.6 Å². The molecule has 1 aliphatic heterocycles. The van der Waals surface area contributed by atoms with Crippen LogP contribution in [-0.2, 0) is 21.3 Å². The molecule has 0 aliphatic carbocycles. The van der Waals surface area contributed by atoms with Gasteiger partial charge in [-0.1, -0.05) is 24.6 Å². The summed E-state index contributed by atoms with van der Waals surface area (Å²) in [6.07, 6.45) is 5.73. The molecule has 0 saturated heterocycles. The lowest BCUT2D eigenvalue weighted by Gasteiger charge is -2.36. The molecule has 1 aliphatic rings. The van der Waals surface area contributed by atoms with Crippen LogP contribution in [0.1, 0.15) is 61.5 Å². The number of aryl methyl sites for hydroxylation is 1. The van der Waals surface area contributed by atoms with Gasteiger partial charge in [0.2, 0.25) is 0 Å². The first-order valence-electron chi connectivity index (χ1n) is 16.0. The lowest BCUT2D eigenvalue weighted by molar-refractivity contribution is -0.0177. The molecule has 250 valence electrons. The molecule has 2 aromatic carbocycles. The Kier molecular flexibility index (Phi) is 12.6. The van der Waals surface area contributed by atoms with Crippen molar-refractivity contribution in [3.8, 4) is 5.75 Å². The number of pyridine rings is 1. The Morgan fingerprint density at radius 3 is 2.50 bits per heavy atom. The Hall–Kier alpha value is -3.51. The molecule has 46 heavy (non-hydrogen) atoms. The molecular formula is C35H48N4O6S. The van der Waals surface area contributed by atoms with Crippen molar-refractivity contribution >= 4 is 21.6 Å². The van der Waals surface area contributed by atoms with Gasteiger partial charge in [-0.15, -0.1) is 0 Å². The van der Waals surface area contributed by atoms with Crippen molar-refractivity contribution in [2.24, 2.45) is 5.92 Å². The molecule has 11 heteroatoms. The summed E-state index contributed by atoms with van der Waals surface area (Å²) in [6, 6.07) is 14.8. The monoisotopic (exact) mass is 652 g/mol. The number of fused-ring (bicyclic) bond motifs is 1. The van der Waals surface area contributed by atoms with Crippen molar-refractivity contribution in [1.82, 2.24) is 14.8 Å². The molecule has 0 radical (unpaired) electrons. The maximum atomic E-state index is 14.4. The number of aliphatic hydroxyl groups excluding tert-OH is 1. The van der Waals surface area contributed by atoms with Gasteiger partial charge in [0.05, 0.1) is 35.3 Å². The molecule has 4 rings (SSSR count). The summed E-state index contributed by atoms with van der Waals surface area (Å²) < 4.78 is 41.8. The number of nitrogens with one attached hydrogen (secondary N) is 1. The lowest BCUT2D eigenvalue weighted by Crippen LogP contribution is -2.47. The van der Waals surface area contributed by atoms with Crippen LogP contribution in [0.3, 0.4) is 0 Å². The highest BCUT2D eigenvalue weighted by Crippen LogP contribution is 2.29. The fraction of sp³-hybridized carbons (Fsp3) is 0.486. The van der Waals surface area contributed by atoms with Crippen LogP contribution in [0.15, 0.2) is 71.9 Å². The first kappa shape index (κ1) is 35.3. The molecule has 1 amide bonds. The minimum atomic E-state index is -3.90. The fourth-order valence-corrected chi connectivity index (χ4v) is 6.60. The van der Waals surface area contributed by atoms with Crippen LogP contribution < -0.4 is 9.46 Å². The minimum absolute atomic E-state index is 0.0766. The third kappa shape index (κ3) is 9.75. The molecular weight excluding hydrogens is 604 g/mol. The van der Waals surface area contributed by atoms with E-state index in [4.69, 9.17) is 9.47 Å². The molecule has 0 bridgehead atoms. The normalized spacial score (nSPS) is 20.8. The third-order valence-corrected chi connectivity index (χ3v) is 9.73. The summed E-state index contributed by atoms with van der Waals surface area (Å²) in [5, 5.41) is 10.2. The van der Waals surface area contributed by atoms with Crippen LogP contribution in [0.5, 0.6) is 5.75 Å². The highest BCUT2D eigenvalue weighted by Gasteiger charge is 2.30. The second kappa shape index (κ2) is 16.4. The van der Waals surface area contributed by atoms with Crippen molar-refractivity contribution in [3.05, 3.63) is 83.7 Å². The fourth-order valence-electron chi connectivity index (χ4n) is 5.55. The van der Waals surface area contributed by atoms with E-state index in [1.165, 1.54) is 6.07 Å². The average molecular weight is 653 g/mol. The van der Waals surface area contributed by atoms with Crippen molar-refractivity contribution in [1.29, 1.82) is 0 Å². The van der Waals surface area contributed by atoms with Crippen LogP contribution in [-0.4, -0.2) is 85.8 Å². The largest absolute Gasteiger partial charge is 0.490 e.